The molecule has 0 saturated heterocycles. The third kappa shape index (κ3) is 9.05. The van der Waals surface area contributed by atoms with Crippen LogP contribution < -0.4 is 14.8 Å². The van der Waals surface area contributed by atoms with Crippen LogP contribution in [0, 0.1) is 5.92 Å². The number of rotatable bonds is 13. The zero-order valence-corrected chi connectivity index (χ0v) is 19.4. The van der Waals surface area contributed by atoms with Crippen LogP contribution in [0.1, 0.15) is 52.5 Å². The van der Waals surface area contributed by atoms with Gasteiger partial charge in [0.25, 0.3) is 0 Å². The summed E-state index contributed by atoms with van der Waals surface area (Å²) in [6.07, 6.45) is 1.21. The number of nitrogens with one attached hydrogen (secondary N) is 1. The number of carbonyl (C=O) groups is 4. The van der Waals surface area contributed by atoms with Crippen LogP contribution in [0.3, 0.4) is 0 Å². The van der Waals surface area contributed by atoms with Gasteiger partial charge in [-0.3, -0.25) is 19.2 Å². The van der Waals surface area contributed by atoms with Gasteiger partial charge in [-0.2, -0.15) is 0 Å². The summed E-state index contributed by atoms with van der Waals surface area (Å²) in [6.45, 7) is 7.36. The maximum absolute atomic E-state index is 12.2. The van der Waals surface area contributed by atoms with Crippen LogP contribution in [0.25, 0.3) is 0 Å². The maximum atomic E-state index is 12.2. The largest absolute Gasteiger partial charge is 0.468 e. The molecule has 9 nitrogen and oxygen atoms in total. The lowest BCUT2D eigenvalue weighted by atomic mass is 10.1. The molecule has 0 spiro atoms. The van der Waals surface area contributed by atoms with Crippen molar-refractivity contribution >= 4 is 23.9 Å². The zero-order chi connectivity index (χ0) is 24.1. The lowest BCUT2D eigenvalue weighted by Crippen LogP contribution is -2.41. The maximum Gasteiger partial charge on any atom is 0.323 e. The van der Waals surface area contributed by atoms with Gasteiger partial charge in [0, 0.05) is 19.4 Å². The van der Waals surface area contributed by atoms with Gasteiger partial charge in [-0.1, -0.05) is 33.8 Å². The molecule has 2 atom stereocenters. The Labute approximate surface area is 188 Å². The van der Waals surface area contributed by atoms with Crippen molar-refractivity contribution in [1.82, 2.24) is 5.32 Å². The molecule has 0 heterocycles. The van der Waals surface area contributed by atoms with E-state index in [1.165, 1.54) is 13.2 Å². The van der Waals surface area contributed by atoms with Crippen LogP contribution in [0.5, 0.6) is 11.5 Å². The molecule has 1 unspecified atom stereocenters. The van der Waals surface area contributed by atoms with E-state index >= 15 is 0 Å². The van der Waals surface area contributed by atoms with Gasteiger partial charge < -0.3 is 24.3 Å². The molecular formula is C23H33NO8. The van der Waals surface area contributed by atoms with E-state index in [-0.39, 0.29) is 55.8 Å². The van der Waals surface area contributed by atoms with Gasteiger partial charge in [0.05, 0.1) is 13.0 Å². The number of hydrogen-bond donors (Lipinski definition) is 1. The Morgan fingerprint density at radius 1 is 0.938 bits per heavy atom. The quantitative estimate of drug-likeness (QED) is 0.274. The van der Waals surface area contributed by atoms with Crippen molar-refractivity contribution in [1.29, 1.82) is 0 Å². The monoisotopic (exact) mass is 451 g/mol. The summed E-state index contributed by atoms with van der Waals surface area (Å²) in [5.41, 5.74) is 0.653. The molecule has 0 aliphatic rings. The standard InChI is InChI=1S/C23H33NO8/c1-6-15(4)22(27)30-12-11-24-17(23(28)29-5)13-16-9-10-18(31-20(25)7-2)19(14-16)32-21(26)8-3/h9-10,14-15,17,24H,6-8,11-13H2,1-5H3/t15?,17-/m0/s1. The average molecular weight is 452 g/mol. The van der Waals surface area contributed by atoms with Gasteiger partial charge in [-0.05, 0) is 30.5 Å². The number of benzene rings is 1. The fraction of sp³-hybridized carbons (Fsp3) is 0.565. The fourth-order valence-corrected chi connectivity index (χ4v) is 2.54. The number of methoxy groups -OCH3 is 1. The van der Waals surface area contributed by atoms with Crippen molar-refractivity contribution in [2.45, 2.75) is 59.4 Å². The molecule has 9 heteroatoms. The molecule has 178 valence electrons. The fourth-order valence-electron chi connectivity index (χ4n) is 2.54. The molecule has 0 fully saturated rings. The summed E-state index contributed by atoms with van der Waals surface area (Å²) < 4.78 is 20.6. The number of hydrogen-bond acceptors (Lipinski definition) is 9. The van der Waals surface area contributed by atoms with Crippen LogP contribution in [0.4, 0.5) is 0 Å². The van der Waals surface area contributed by atoms with Gasteiger partial charge in [0.2, 0.25) is 0 Å². The Hall–Kier alpha value is -2.94. The van der Waals surface area contributed by atoms with E-state index in [9.17, 15) is 19.2 Å². The Morgan fingerprint density at radius 2 is 1.56 bits per heavy atom. The van der Waals surface area contributed by atoms with Gasteiger partial charge >= 0.3 is 23.9 Å². The molecule has 0 aromatic heterocycles. The van der Waals surface area contributed by atoms with E-state index in [0.29, 0.717) is 12.0 Å². The number of ether oxygens (including phenoxy) is 4. The molecular weight excluding hydrogens is 418 g/mol. The van der Waals surface area contributed by atoms with E-state index in [0.717, 1.165) is 0 Å². The minimum Gasteiger partial charge on any atom is -0.468 e. The Kier molecular flexibility index (Phi) is 12.0. The van der Waals surface area contributed by atoms with Crippen molar-refractivity contribution in [3.8, 4) is 11.5 Å². The van der Waals surface area contributed by atoms with Crippen molar-refractivity contribution < 1.29 is 38.1 Å². The molecule has 1 aromatic rings. The Morgan fingerprint density at radius 3 is 2.12 bits per heavy atom. The molecule has 0 radical (unpaired) electrons. The number of esters is 4. The summed E-state index contributed by atoms with van der Waals surface area (Å²) in [5.74, 6) is -1.69. The smallest absolute Gasteiger partial charge is 0.323 e. The van der Waals surface area contributed by atoms with E-state index in [1.54, 1.807) is 32.9 Å². The first kappa shape index (κ1) is 27.1. The summed E-state index contributed by atoms with van der Waals surface area (Å²) in [7, 11) is 1.28. The highest BCUT2D eigenvalue weighted by Crippen LogP contribution is 2.30. The summed E-state index contributed by atoms with van der Waals surface area (Å²) in [5, 5.41) is 3.01. The van der Waals surface area contributed by atoms with Crippen molar-refractivity contribution in [2.24, 2.45) is 5.92 Å². The Balaban J connectivity index is 2.90. The minimum atomic E-state index is -0.721. The predicted octanol–water partition coefficient (Wildman–Crippen LogP) is 2.58. The molecule has 32 heavy (non-hydrogen) atoms. The van der Waals surface area contributed by atoms with E-state index in [4.69, 9.17) is 18.9 Å². The molecule has 0 saturated carbocycles. The van der Waals surface area contributed by atoms with Gasteiger partial charge in [-0.25, -0.2) is 0 Å². The van der Waals surface area contributed by atoms with Crippen LogP contribution in [0.2, 0.25) is 0 Å². The highest BCUT2D eigenvalue weighted by Gasteiger charge is 2.21. The second-order valence-electron chi connectivity index (χ2n) is 7.15. The van der Waals surface area contributed by atoms with Crippen LogP contribution >= 0.6 is 0 Å². The van der Waals surface area contributed by atoms with E-state index in [1.807, 2.05) is 6.92 Å². The highest BCUT2D eigenvalue weighted by molar-refractivity contribution is 5.77. The topological polar surface area (TPSA) is 117 Å². The normalized spacial score (nSPS) is 12.4. The van der Waals surface area contributed by atoms with E-state index in [2.05, 4.69) is 5.32 Å². The molecule has 1 aromatic carbocycles. The molecule has 0 aliphatic heterocycles. The molecule has 0 bridgehead atoms. The molecule has 0 amide bonds. The molecule has 1 rings (SSSR count). The number of carbonyl (C=O) groups excluding carboxylic acids is 4. The lowest BCUT2D eigenvalue weighted by molar-refractivity contribution is -0.148. The first-order valence-corrected chi connectivity index (χ1v) is 10.8. The second-order valence-corrected chi connectivity index (χ2v) is 7.15. The first-order valence-electron chi connectivity index (χ1n) is 10.8. The zero-order valence-electron chi connectivity index (χ0n) is 19.4. The summed E-state index contributed by atoms with van der Waals surface area (Å²) in [4.78, 5) is 47.4. The SMILES string of the molecule is CCC(=O)Oc1ccc(C[C@H](NCCOC(=O)C(C)CC)C(=O)OC)cc1OC(=O)CC. The van der Waals surface area contributed by atoms with Gasteiger partial charge in [-0.15, -0.1) is 0 Å². The minimum absolute atomic E-state index is 0.0993. The molecule has 0 aliphatic carbocycles. The van der Waals surface area contributed by atoms with E-state index < -0.39 is 23.9 Å². The van der Waals surface area contributed by atoms with Gasteiger partial charge in [0.15, 0.2) is 11.5 Å². The average Bonchev–Trinajstić information content (AvgIpc) is 2.80. The van der Waals surface area contributed by atoms with Gasteiger partial charge in [0.1, 0.15) is 12.6 Å². The predicted molar refractivity (Wildman–Crippen MR) is 116 cm³/mol. The third-order valence-corrected chi connectivity index (χ3v) is 4.71. The highest BCUT2D eigenvalue weighted by atomic mass is 16.6. The van der Waals surface area contributed by atoms with Crippen LogP contribution in [-0.4, -0.2) is 50.2 Å². The van der Waals surface area contributed by atoms with Crippen molar-refractivity contribution in [2.75, 3.05) is 20.3 Å². The third-order valence-electron chi connectivity index (χ3n) is 4.71. The summed E-state index contributed by atoms with van der Waals surface area (Å²) >= 11 is 0. The Bertz CT molecular complexity index is 792. The van der Waals surface area contributed by atoms with Crippen LogP contribution in [0.15, 0.2) is 18.2 Å². The summed E-state index contributed by atoms with van der Waals surface area (Å²) in [6, 6.07) is 4.01. The lowest BCUT2D eigenvalue weighted by Gasteiger charge is -2.18. The molecule has 1 N–H and O–H groups in total. The second kappa shape index (κ2) is 14.2. The van der Waals surface area contributed by atoms with Crippen LogP contribution in [-0.2, 0) is 35.1 Å². The van der Waals surface area contributed by atoms with Crippen molar-refractivity contribution in [3.05, 3.63) is 23.8 Å². The van der Waals surface area contributed by atoms with Crippen molar-refractivity contribution in [3.63, 3.8) is 0 Å². The first-order chi connectivity index (χ1) is 15.2.